The molecular formula is C18H30N4O3. The van der Waals surface area contributed by atoms with Crippen LogP contribution in [0.1, 0.15) is 58.3 Å². The van der Waals surface area contributed by atoms with E-state index in [4.69, 9.17) is 0 Å². The highest BCUT2D eigenvalue weighted by molar-refractivity contribution is 5.69. The number of unbranched alkanes of at least 4 members (excludes halogenated alkanes) is 4. The summed E-state index contributed by atoms with van der Waals surface area (Å²) in [7, 11) is 3.41. The molecule has 2 heterocycles. The Bertz CT molecular complexity index is 803. The molecule has 140 valence electrons. The van der Waals surface area contributed by atoms with Crippen LogP contribution in [-0.4, -0.2) is 29.9 Å². The number of rotatable bonds is 10. The highest BCUT2D eigenvalue weighted by Gasteiger charge is 2.14. The van der Waals surface area contributed by atoms with Gasteiger partial charge in [0, 0.05) is 20.6 Å². The lowest BCUT2D eigenvalue weighted by atomic mass is 10.1. The first kappa shape index (κ1) is 19.4. The van der Waals surface area contributed by atoms with Gasteiger partial charge in [-0.1, -0.05) is 39.0 Å². The fraction of sp³-hybridized carbons (Fsp3) is 0.722. The van der Waals surface area contributed by atoms with Gasteiger partial charge in [-0.2, -0.15) is 0 Å². The SMILES string of the molecule is CCCC(O)CCCCCCCn1c(=O)c2c(ncn2C)n(C)c1=O. The Morgan fingerprint density at radius 3 is 2.48 bits per heavy atom. The Labute approximate surface area is 147 Å². The maximum absolute atomic E-state index is 12.5. The number of aliphatic hydroxyl groups is 1. The summed E-state index contributed by atoms with van der Waals surface area (Å²) in [6.45, 7) is 2.52. The lowest BCUT2D eigenvalue weighted by molar-refractivity contribution is 0.150. The van der Waals surface area contributed by atoms with Crippen molar-refractivity contribution < 1.29 is 5.11 Å². The Hall–Kier alpha value is -1.89. The Morgan fingerprint density at radius 1 is 1.08 bits per heavy atom. The van der Waals surface area contributed by atoms with E-state index < -0.39 is 0 Å². The van der Waals surface area contributed by atoms with E-state index in [0.717, 1.165) is 51.4 Å². The number of aliphatic hydroxyl groups excluding tert-OH is 1. The van der Waals surface area contributed by atoms with E-state index in [2.05, 4.69) is 11.9 Å². The molecule has 7 heteroatoms. The first-order valence-corrected chi connectivity index (χ1v) is 9.26. The molecule has 0 fully saturated rings. The minimum absolute atomic E-state index is 0.169. The number of hydrogen-bond acceptors (Lipinski definition) is 4. The molecule has 1 unspecified atom stereocenters. The van der Waals surface area contributed by atoms with Crippen LogP contribution in [0.2, 0.25) is 0 Å². The van der Waals surface area contributed by atoms with Crippen molar-refractivity contribution in [1.29, 1.82) is 0 Å². The van der Waals surface area contributed by atoms with Crippen LogP contribution >= 0.6 is 0 Å². The maximum Gasteiger partial charge on any atom is 0.332 e. The molecule has 0 aliphatic carbocycles. The predicted molar refractivity (Wildman–Crippen MR) is 98.8 cm³/mol. The van der Waals surface area contributed by atoms with Crippen molar-refractivity contribution in [2.45, 2.75) is 70.9 Å². The summed E-state index contributed by atoms with van der Waals surface area (Å²) in [6.07, 6.45) is 9.10. The number of fused-ring (bicyclic) bond motifs is 1. The van der Waals surface area contributed by atoms with Crippen molar-refractivity contribution in [3.63, 3.8) is 0 Å². The quantitative estimate of drug-likeness (QED) is 0.664. The van der Waals surface area contributed by atoms with Crippen LogP contribution < -0.4 is 11.2 Å². The van der Waals surface area contributed by atoms with Crippen LogP contribution in [-0.2, 0) is 20.6 Å². The fourth-order valence-electron chi connectivity index (χ4n) is 3.25. The van der Waals surface area contributed by atoms with Gasteiger partial charge in [-0.05, 0) is 19.3 Å². The number of aryl methyl sites for hydroxylation is 2. The number of hydrogen-bond donors (Lipinski definition) is 1. The summed E-state index contributed by atoms with van der Waals surface area (Å²) in [5.41, 5.74) is 0.325. The highest BCUT2D eigenvalue weighted by Crippen LogP contribution is 2.11. The van der Waals surface area contributed by atoms with E-state index in [-0.39, 0.29) is 17.4 Å². The van der Waals surface area contributed by atoms with E-state index in [1.165, 1.54) is 9.13 Å². The van der Waals surface area contributed by atoms with Gasteiger partial charge in [0.2, 0.25) is 0 Å². The molecule has 2 aromatic heterocycles. The Balaban J connectivity index is 1.87. The molecule has 25 heavy (non-hydrogen) atoms. The molecule has 0 aromatic carbocycles. The van der Waals surface area contributed by atoms with E-state index in [0.29, 0.717) is 17.7 Å². The third-order valence-corrected chi connectivity index (χ3v) is 4.74. The molecule has 2 rings (SSSR count). The maximum atomic E-state index is 12.5. The fourth-order valence-corrected chi connectivity index (χ4v) is 3.25. The molecule has 1 N–H and O–H groups in total. The van der Waals surface area contributed by atoms with Gasteiger partial charge < -0.3 is 9.67 Å². The molecule has 0 aliphatic rings. The number of imidazole rings is 1. The highest BCUT2D eigenvalue weighted by atomic mass is 16.3. The van der Waals surface area contributed by atoms with Gasteiger partial charge in [0.05, 0.1) is 12.4 Å². The van der Waals surface area contributed by atoms with Crippen LogP contribution in [0, 0.1) is 0 Å². The van der Waals surface area contributed by atoms with E-state index in [1.54, 1.807) is 25.0 Å². The summed E-state index contributed by atoms with van der Waals surface area (Å²) >= 11 is 0. The minimum Gasteiger partial charge on any atom is -0.393 e. The van der Waals surface area contributed by atoms with Crippen molar-refractivity contribution in [3.05, 3.63) is 27.2 Å². The van der Waals surface area contributed by atoms with Gasteiger partial charge in [0.1, 0.15) is 0 Å². The van der Waals surface area contributed by atoms with E-state index >= 15 is 0 Å². The molecule has 7 nitrogen and oxygen atoms in total. The summed E-state index contributed by atoms with van der Waals surface area (Å²) in [5.74, 6) is 0. The van der Waals surface area contributed by atoms with Crippen molar-refractivity contribution in [1.82, 2.24) is 18.7 Å². The zero-order valence-corrected chi connectivity index (χ0v) is 15.6. The number of nitrogens with zero attached hydrogens (tertiary/aromatic N) is 4. The second-order valence-corrected chi connectivity index (χ2v) is 6.83. The van der Waals surface area contributed by atoms with Crippen LogP contribution in [0.15, 0.2) is 15.9 Å². The molecule has 0 amide bonds. The summed E-state index contributed by atoms with van der Waals surface area (Å²) < 4.78 is 4.41. The summed E-state index contributed by atoms with van der Waals surface area (Å²) in [4.78, 5) is 29.0. The van der Waals surface area contributed by atoms with Crippen molar-refractivity contribution in [2.24, 2.45) is 14.1 Å². The smallest absolute Gasteiger partial charge is 0.332 e. The molecule has 0 bridgehead atoms. The molecule has 0 aliphatic heterocycles. The molecule has 0 saturated carbocycles. The lowest BCUT2D eigenvalue weighted by Crippen LogP contribution is -2.39. The Kier molecular flexibility index (Phi) is 6.99. The first-order chi connectivity index (χ1) is 12.0. The van der Waals surface area contributed by atoms with Gasteiger partial charge in [-0.25, -0.2) is 9.78 Å². The average molecular weight is 350 g/mol. The summed E-state index contributed by atoms with van der Waals surface area (Å²) in [5, 5.41) is 9.70. The van der Waals surface area contributed by atoms with Crippen LogP contribution in [0.4, 0.5) is 0 Å². The molecular weight excluding hydrogens is 320 g/mol. The third-order valence-electron chi connectivity index (χ3n) is 4.74. The van der Waals surface area contributed by atoms with Crippen LogP contribution in [0.5, 0.6) is 0 Å². The molecule has 0 spiro atoms. The molecule has 1 atom stereocenters. The zero-order chi connectivity index (χ0) is 18.4. The minimum atomic E-state index is -0.307. The topological polar surface area (TPSA) is 82.1 Å². The molecule has 0 saturated heterocycles. The first-order valence-electron chi connectivity index (χ1n) is 9.26. The third kappa shape index (κ3) is 4.60. The van der Waals surface area contributed by atoms with Crippen molar-refractivity contribution in [3.8, 4) is 0 Å². The Morgan fingerprint density at radius 2 is 1.76 bits per heavy atom. The predicted octanol–water partition coefficient (Wildman–Crippen LogP) is 1.94. The second-order valence-electron chi connectivity index (χ2n) is 6.83. The van der Waals surface area contributed by atoms with Gasteiger partial charge in [0.15, 0.2) is 11.2 Å². The number of aromatic nitrogens is 4. The molecule has 2 aromatic rings. The van der Waals surface area contributed by atoms with Crippen LogP contribution in [0.25, 0.3) is 11.2 Å². The van der Waals surface area contributed by atoms with Gasteiger partial charge in [-0.3, -0.25) is 13.9 Å². The van der Waals surface area contributed by atoms with Crippen molar-refractivity contribution >= 4 is 11.2 Å². The van der Waals surface area contributed by atoms with E-state index in [1.807, 2.05) is 0 Å². The largest absolute Gasteiger partial charge is 0.393 e. The van der Waals surface area contributed by atoms with E-state index in [9.17, 15) is 14.7 Å². The second kappa shape index (κ2) is 8.99. The monoisotopic (exact) mass is 350 g/mol. The van der Waals surface area contributed by atoms with Gasteiger partial charge >= 0.3 is 5.69 Å². The van der Waals surface area contributed by atoms with Crippen LogP contribution in [0.3, 0.4) is 0 Å². The summed E-state index contributed by atoms with van der Waals surface area (Å²) in [6, 6.07) is 0. The molecule has 0 radical (unpaired) electrons. The van der Waals surface area contributed by atoms with Crippen molar-refractivity contribution in [2.75, 3.05) is 0 Å². The zero-order valence-electron chi connectivity index (χ0n) is 15.6. The lowest BCUT2D eigenvalue weighted by Gasteiger charge is -2.09. The van der Waals surface area contributed by atoms with Gasteiger partial charge in [0.25, 0.3) is 5.56 Å². The average Bonchev–Trinajstić information content (AvgIpc) is 2.97. The normalized spacial score (nSPS) is 12.8. The van der Waals surface area contributed by atoms with Gasteiger partial charge in [-0.15, -0.1) is 0 Å². The standard InChI is InChI=1S/C18H30N4O3/c1-4-10-14(23)11-8-6-5-7-9-12-22-17(24)15-16(19-13-20(15)2)21(3)18(22)25/h13-14,23H,4-12H2,1-3H3.